The van der Waals surface area contributed by atoms with E-state index in [0.29, 0.717) is 8.45 Å². The number of carboxylic acid groups (broad SMARTS) is 1. The van der Waals surface area contributed by atoms with Crippen LogP contribution in [-0.2, 0) is 0 Å². The number of carboxylic acids is 1. The molecule has 0 amide bonds. The van der Waals surface area contributed by atoms with E-state index in [9.17, 15) is 9.90 Å². The Kier molecular flexibility index (Phi) is 2.36. The maximum Gasteiger partial charge on any atom is 0.345 e. The number of hydrogen-bond acceptors (Lipinski definition) is 3. The van der Waals surface area contributed by atoms with Gasteiger partial charge in [-0.1, -0.05) is 0 Å². The molecule has 2 N–H and O–H groups in total. The SMILES string of the molecule is O=C(O)c1cc2ccc(O)c(I)c2s1. The molecule has 2 rings (SSSR count). The zero-order valence-electron chi connectivity index (χ0n) is 6.82. The van der Waals surface area contributed by atoms with Crippen molar-refractivity contribution in [2.45, 2.75) is 0 Å². The monoisotopic (exact) mass is 320 g/mol. The van der Waals surface area contributed by atoms with Gasteiger partial charge in [-0.3, -0.25) is 0 Å². The molecule has 5 heteroatoms. The fourth-order valence-corrected chi connectivity index (χ4v) is 2.92. The quantitative estimate of drug-likeness (QED) is 0.795. The number of aromatic carboxylic acids is 1. The molecule has 1 heterocycles. The van der Waals surface area contributed by atoms with Crippen LogP contribution in [0.5, 0.6) is 5.75 Å². The lowest BCUT2D eigenvalue weighted by atomic mass is 10.2. The zero-order valence-corrected chi connectivity index (χ0v) is 9.79. The van der Waals surface area contributed by atoms with Crippen molar-refractivity contribution < 1.29 is 15.0 Å². The fraction of sp³-hybridized carbons (Fsp3) is 0. The normalized spacial score (nSPS) is 10.6. The summed E-state index contributed by atoms with van der Waals surface area (Å²) >= 11 is 3.19. The molecule has 14 heavy (non-hydrogen) atoms. The first kappa shape index (κ1) is 9.72. The molecular formula is C9H5IO3S. The van der Waals surface area contributed by atoms with Crippen LogP contribution in [0.2, 0.25) is 0 Å². The molecule has 0 saturated heterocycles. The van der Waals surface area contributed by atoms with Crippen LogP contribution < -0.4 is 0 Å². The van der Waals surface area contributed by atoms with Crippen LogP contribution >= 0.6 is 33.9 Å². The average molecular weight is 320 g/mol. The van der Waals surface area contributed by atoms with E-state index < -0.39 is 5.97 Å². The topological polar surface area (TPSA) is 57.5 Å². The third-order valence-corrected chi connectivity index (χ3v) is 4.43. The Hall–Kier alpha value is -0.820. The van der Waals surface area contributed by atoms with Gasteiger partial charge in [-0.15, -0.1) is 11.3 Å². The molecule has 0 aliphatic rings. The summed E-state index contributed by atoms with van der Waals surface area (Å²) < 4.78 is 1.53. The standard InChI is InChI=1S/C9H5IO3S/c10-7-5(11)2-1-4-3-6(9(12)13)14-8(4)7/h1-3,11H,(H,12,13). The van der Waals surface area contributed by atoms with E-state index >= 15 is 0 Å². The lowest BCUT2D eigenvalue weighted by Crippen LogP contribution is -1.89. The van der Waals surface area contributed by atoms with Gasteiger partial charge >= 0.3 is 5.97 Å². The summed E-state index contributed by atoms with van der Waals surface area (Å²) in [5, 5.41) is 19.1. The van der Waals surface area contributed by atoms with Crippen molar-refractivity contribution in [1.82, 2.24) is 0 Å². The highest BCUT2D eigenvalue weighted by molar-refractivity contribution is 14.1. The largest absolute Gasteiger partial charge is 0.507 e. The zero-order chi connectivity index (χ0) is 10.3. The molecule has 0 fully saturated rings. The second-order valence-electron chi connectivity index (χ2n) is 2.73. The Balaban J connectivity index is 2.77. The maximum absolute atomic E-state index is 10.7. The Bertz CT molecular complexity index is 518. The molecule has 0 aliphatic carbocycles. The number of aromatic hydroxyl groups is 1. The highest BCUT2D eigenvalue weighted by Crippen LogP contribution is 2.34. The summed E-state index contributed by atoms with van der Waals surface area (Å²) in [6, 6.07) is 4.90. The van der Waals surface area contributed by atoms with Gasteiger partial charge in [-0.25, -0.2) is 4.79 Å². The minimum Gasteiger partial charge on any atom is -0.507 e. The van der Waals surface area contributed by atoms with Crippen molar-refractivity contribution in [3.63, 3.8) is 0 Å². The summed E-state index contributed by atoms with van der Waals surface area (Å²) in [5.41, 5.74) is 0. The smallest absolute Gasteiger partial charge is 0.345 e. The van der Waals surface area contributed by atoms with Gasteiger partial charge in [-0.05, 0) is 46.2 Å². The van der Waals surface area contributed by atoms with Gasteiger partial charge in [0.15, 0.2) is 0 Å². The van der Waals surface area contributed by atoms with E-state index in [2.05, 4.69) is 0 Å². The highest BCUT2D eigenvalue weighted by atomic mass is 127. The molecule has 3 nitrogen and oxygen atoms in total. The number of rotatable bonds is 1. The van der Waals surface area contributed by atoms with E-state index in [4.69, 9.17) is 5.11 Å². The van der Waals surface area contributed by atoms with Gasteiger partial charge < -0.3 is 10.2 Å². The van der Waals surface area contributed by atoms with E-state index in [1.165, 1.54) is 11.3 Å². The fourth-order valence-electron chi connectivity index (χ4n) is 1.16. The number of fused-ring (bicyclic) bond motifs is 1. The Morgan fingerprint density at radius 3 is 2.79 bits per heavy atom. The Labute approximate surface area is 97.1 Å². The van der Waals surface area contributed by atoms with Gasteiger partial charge in [0, 0.05) is 0 Å². The summed E-state index contributed by atoms with van der Waals surface area (Å²) in [6.45, 7) is 0. The molecule has 0 aliphatic heterocycles. The lowest BCUT2D eigenvalue weighted by Gasteiger charge is -1.96. The van der Waals surface area contributed by atoms with E-state index in [1.807, 2.05) is 22.6 Å². The number of halogens is 1. The van der Waals surface area contributed by atoms with Crippen molar-refractivity contribution in [3.05, 3.63) is 26.6 Å². The lowest BCUT2D eigenvalue weighted by molar-refractivity contribution is 0.0702. The molecule has 0 radical (unpaired) electrons. The molecule has 0 atom stereocenters. The Morgan fingerprint density at radius 2 is 2.14 bits per heavy atom. The van der Waals surface area contributed by atoms with Gasteiger partial charge in [0.2, 0.25) is 0 Å². The molecular weight excluding hydrogens is 315 g/mol. The first-order valence-electron chi connectivity index (χ1n) is 3.74. The molecule has 0 spiro atoms. The second kappa shape index (κ2) is 3.39. The first-order valence-corrected chi connectivity index (χ1v) is 5.63. The number of thiophene rings is 1. The number of carbonyl (C=O) groups is 1. The van der Waals surface area contributed by atoms with Gasteiger partial charge in [0.05, 0.1) is 8.27 Å². The number of benzene rings is 1. The third kappa shape index (κ3) is 1.46. The second-order valence-corrected chi connectivity index (χ2v) is 4.86. The van der Waals surface area contributed by atoms with Crippen LogP contribution in [0.1, 0.15) is 9.67 Å². The van der Waals surface area contributed by atoms with E-state index in [1.54, 1.807) is 18.2 Å². The van der Waals surface area contributed by atoms with Gasteiger partial charge in [0.25, 0.3) is 0 Å². The van der Waals surface area contributed by atoms with Gasteiger partial charge in [0.1, 0.15) is 10.6 Å². The van der Waals surface area contributed by atoms with Crippen molar-refractivity contribution in [1.29, 1.82) is 0 Å². The molecule has 2 aromatic rings. The predicted octanol–water partition coefficient (Wildman–Crippen LogP) is 2.91. The number of hydrogen-bond donors (Lipinski definition) is 2. The number of phenolic OH excluding ortho intramolecular Hbond substituents is 1. The summed E-state index contributed by atoms with van der Waals surface area (Å²) in [4.78, 5) is 11.0. The van der Waals surface area contributed by atoms with Crippen LogP contribution in [0.3, 0.4) is 0 Å². The van der Waals surface area contributed by atoms with Crippen LogP contribution in [0.4, 0.5) is 0 Å². The summed E-state index contributed by atoms with van der Waals surface area (Å²) in [6.07, 6.45) is 0. The minimum atomic E-state index is -0.929. The van der Waals surface area contributed by atoms with Gasteiger partial charge in [-0.2, -0.15) is 0 Å². The average Bonchev–Trinajstić information content (AvgIpc) is 2.56. The number of phenols is 1. The van der Waals surface area contributed by atoms with Crippen molar-refractivity contribution in [2.24, 2.45) is 0 Å². The van der Waals surface area contributed by atoms with E-state index in [-0.39, 0.29) is 5.75 Å². The molecule has 1 aromatic carbocycles. The minimum absolute atomic E-state index is 0.192. The molecule has 1 aromatic heterocycles. The molecule has 72 valence electrons. The molecule has 0 saturated carbocycles. The van der Waals surface area contributed by atoms with Crippen LogP contribution in [-0.4, -0.2) is 16.2 Å². The van der Waals surface area contributed by atoms with Crippen molar-refractivity contribution in [2.75, 3.05) is 0 Å². The summed E-state index contributed by atoms with van der Waals surface area (Å²) in [5.74, 6) is -0.738. The predicted molar refractivity (Wildman–Crippen MR) is 63.2 cm³/mol. The third-order valence-electron chi connectivity index (χ3n) is 1.82. The Morgan fingerprint density at radius 1 is 1.43 bits per heavy atom. The van der Waals surface area contributed by atoms with Crippen LogP contribution in [0.15, 0.2) is 18.2 Å². The van der Waals surface area contributed by atoms with Crippen molar-refractivity contribution >= 4 is 50.0 Å². The van der Waals surface area contributed by atoms with Crippen molar-refractivity contribution in [3.8, 4) is 5.75 Å². The van der Waals surface area contributed by atoms with Crippen LogP contribution in [0, 0.1) is 3.57 Å². The van der Waals surface area contributed by atoms with Crippen LogP contribution in [0.25, 0.3) is 10.1 Å². The first-order chi connectivity index (χ1) is 6.59. The molecule has 0 unspecified atom stereocenters. The maximum atomic E-state index is 10.7. The summed E-state index contributed by atoms with van der Waals surface area (Å²) in [7, 11) is 0. The molecule has 0 bridgehead atoms. The van der Waals surface area contributed by atoms with E-state index in [0.717, 1.165) is 10.1 Å². The highest BCUT2D eigenvalue weighted by Gasteiger charge is 2.11.